The van der Waals surface area contributed by atoms with Crippen LogP contribution in [-0.2, 0) is 0 Å². The number of benzene rings is 2. The monoisotopic (exact) mass is 493 g/mol. The minimum Gasteiger partial charge on any atom is -0.459 e. The van der Waals surface area contributed by atoms with Crippen molar-refractivity contribution in [2.45, 2.75) is 17.9 Å². The molecule has 182 valence electrons. The molecule has 0 spiro atoms. The molecule has 13 heteroatoms. The van der Waals surface area contributed by atoms with E-state index in [0.29, 0.717) is 0 Å². The maximum atomic E-state index is 14.0. The number of nitro groups is 1. The maximum absolute atomic E-state index is 14.0. The minimum atomic E-state index is -5.50. The van der Waals surface area contributed by atoms with E-state index in [1.807, 2.05) is 0 Å². The molecule has 0 unspecified atom stereocenters. The highest BCUT2D eigenvalue weighted by atomic mass is 19.4. The predicted octanol–water partition coefficient (Wildman–Crippen LogP) is 4.10. The highest BCUT2D eigenvalue weighted by molar-refractivity contribution is 6.00. The summed E-state index contributed by atoms with van der Waals surface area (Å²) < 4.78 is 60.8. The molecule has 1 saturated heterocycles. The molecule has 1 aliphatic heterocycles. The molecule has 2 amide bonds. The number of para-hydroxylation sites is 1. The van der Waals surface area contributed by atoms with Gasteiger partial charge in [0.05, 0.1) is 10.5 Å². The fourth-order valence-corrected chi connectivity index (χ4v) is 3.88. The summed E-state index contributed by atoms with van der Waals surface area (Å²) in [6.07, 6.45) is -5.50. The Kier molecular flexibility index (Phi) is 5.80. The normalized spacial score (nSPS) is 22.3. The van der Waals surface area contributed by atoms with Crippen molar-refractivity contribution in [3.8, 4) is 11.3 Å². The molecule has 9 nitrogen and oxygen atoms in total. The first-order chi connectivity index (χ1) is 16.4. The van der Waals surface area contributed by atoms with Gasteiger partial charge in [0.25, 0.3) is 5.69 Å². The lowest BCUT2D eigenvalue weighted by atomic mass is 9.79. The minimum absolute atomic E-state index is 0.00324. The summed E-state index contributed by atoms with van der Waals surface area (Å²) >= 11 is 0. The second kappa shape index (κ2) is 8.51. The number of Topliss-reactive ketones (excluding diaryl/α,β-unsaturated/α-hetero) is 1. The van der Waals surface area contributed by atoms with Crippen molar-refractivity contribution >= 4 is 17.5 Å². The third kappa shape index (κ3) is 4.21. The Balaban J connectivity index is 1.83. The van der Waals surface area contributed by atoms with Gasteiger partial charge in [0, 0.05) is 11.6 Å². The lowest BCUT2D eigenvalue weighted by Gasteiger charge is -2.44. The van der Waals surface area contributed by atoms with Crippen LogP contribution < -0.4 is 10.6 Å². The molecule has 0 saturated carbocycles. The second-order valence-electron chi connectivity index (χ2n) is 7.67. The van der Waals surface area contributed by atoms with E-state index in [1.54, 1.807) is 0 Å². The van der Waals surface area contributed by atoms with Crippen molar-refractivity contribution in [3.63, 3.8) is 0 Å². The number of alkyl halides is 3. The SMILES string of the molecule is O=C1N[C@@H](c2ccc(-c3ccccc3[N+](=O)[O-])o2)[C@H](C(=O)c2ccc(F)cc2)[C@](O)(C(F)(F)F)N1. The topological polar surface area (TPSA) is 135 Å². The first-order valence-electron chi connectivity index (χ1n) is 9.93. The highest BCUT2D eigenvalue weighted by Crippen LogP contribution is 2.45. The maximum Gasteiger partial charge on any atom is 0.437 e. The van der Waals surface area contributed by atoms with Crippen LogP contribution in [0.5, 0.6) is 0 Å². The van der Waals surface area contributed by atoms with Crippen molar-refractivity contribution in [1.82, 2.24) is 10.6 Å². The number of nitrogens with one attached hydrogen (secondary N) is 2. The second-order valence-corrected chi connectivity index (χ2v) is 7.67. The number of furan rings is 1. The smallest absolute Gasteiger partial charge is 0.437 e. The number of amides is 2. The molecule has 0 radical (unpaired) electrons. The molecule has 1 fully saturated rings. The van der Waals surface area contributed by atoms with Crippen molar-refractivity contribution < 1.29 is 41.6 Å². The van der Waals surface area contributed by atoms with Gasteiger partial charge in [-0.25, -0.2) is 9.18 Å². The number of rotatable bonds is 5. The van der Waals surface area contributed by atoms with Gasteiger partial charge >= 0.3 is 12.2 Å². The quantitative estimate of drug-likeness (QED) is 0.212. The number of nitrogens with zero attached hydrogens (tertiary/aromatic N) is 1. The van der Waals surface area contributed by atoms with E-state index < -0.39 is 46.4 Å². The van der Waals surface area contributed by atoms with Crippen molar-refractivity contribution in [3.05, 3.63) is 87.9 Å². The van der Waals surface area contributed by atoms with Crippen LogP contribution in [0.1, 0.15) is 22.2 Å². The first kappa shape index (κ1) is 23.9. The number of nitro benzene ring substituents is 1. The Morgan fingerprint density at radius 3 is 2.37 bits per heavy atom. The van der Waals surface area contributed by atoms with Crippen LogP contribution in [0.2, 0.25) is 0 Å². The van der Waals surface area contributed by atoms with Crippen LogP contribution in [0, 0.1) is 21.8 Å². The fraction of sp³-hybridized carbons (Fsp3) is 0.182. The predicted molar refractivity (Wildman–Crippen MR) is 110 cm³/mol. The van der Waals surface area contributed by atoms with Crippen molar-refractivity contribution in [2.24, 2.45) is 5.92 Å². The highest BCUT2D eigenvalue weighted by Gasteiger charge is 2.66. The molecule has 35 heavy (non-hydrogen) atoms. The number of hydrogen-bond donors (Lipinski definition) is 3. The summed E-state index contributed by atoms with van der Waals surface area (Å²) in [4.78, 5) is 35.9. The summed E-state index contributed by atoms with van der Waals surface area (Å²) in [5, 5.41) is 25.4. The molecule has 3 N–H and O–H groups in total. The molecule has 2 heterocycles. The zero-order valence-corrected chi connectivity index (χ0v) is 17.4. The standard InChI is InChI=1S/C22H15F4N3O6/c23-12-7-5-11(6-8-12)19(30)17-18(27-20(31)28-21(17,32)22(24,25)26)16-10-9-15(35-16)13-3-1-2-4-14(13)29(33)34/h1-10,17-18,32H,(H2,27,28,31)/t17-,18+,21+/m1/s1. The molecule has 0 aliphatic carbocycles. The van der Waals surface area contributed by atoms with Crippen molar-refractivity contribution in [2.75, 3.05) is 0 Å². The first-order valence-corrected chi connectivity index (χ1v) is 9.93. The molecular weight excluding hydrogens is 478 g/mol. The van der Waals surface area contributed by atoms with Gasteiger partial charge in [-0.3, -0.25) is 14.9 Å². The molecular formula is C22H15F4N3O6. The molecule has 0 bridgehead atoms. The van der Waals surface area contributed by atoms with Gasteiger partial charge in [-0.2, -0.15) is 13.2 Å². The zero-order valence-electron chi connectivity index (χ0n) is 17.4. The molecule has 4 rings (SSSR count). The summed E-state index contributed by atoms with van der Waals surface area (Å²) in [6, 6.07) is 8.04. The number of urea groups is 1. The Morgan fingerprint density at radius 2 is 1.74 bits per heavy atom. The lowest BCUT2D eigenvalue weighted by molar-refractivity contribution is -0.384. The van der Waals surface area contributed by atoms with Gasteiger partial charge in [-0.15, -0.1) is 0 Å². The Bertz CT molecular complexity index is 1310. The van der Waals surface area contributed by atoms with Crippen LogP contribution in [0.25, 0.3) is 11.3 Å². The molecule has 3 aromatic rings. The average molecular weight is 493 g/mol. The van der Waals surface area contributed by atoms with Gasteiger partial charge in [0.15, 0.2) is 5.78 Å². The molecule has 1 aliphatic rings. The fourth-order valence-electron chi connectivity index (χ4n) is 3.88. The number of ketones is 1. The number of carbonyl (C=O) groups excluding carboxylic acids is 2. The van der Waals surface area contributed by atoms with Crippen LogP contribution in [0.3, 0.4) is 0 Å². The Labute approximate surface area is 193 Å². The van der Waals surface area contributed by atoms with E-state index in [2.05, 4.69) is 5.32 Å². The summed E-state index contributed by atoms with van der Waals surface area (Å²) in [5.41, 5.74) is -4.74. The third-order valence-corrected chi connectivity index (χ3v) is 5.52. The van der Waals surface area contributed by atoms with E-state index in [1.165, 1.54) is 35.6 Å². The number of hydrogen-bond acceptors (Lipinski definition) is 6. The Morgan fingerprint density at radius 1 is 1.09 bits per heavy atom. The van der Waals surface area contributed by atoms with Gasteiger partial charge in [-0.05, 0) is 42.5 Å². The molecule has 2 aromatic carbocycles. The van der Waals surface area contributed by atoms with E-state index >= 15 is 0 Å². The summed E-state index contributed by atoms with van der Waals surface area (Å²) in [7, 11) is 0. The van der Waals surface area contributed by atoms with Crippen LogP contribution >= 0.6 is 0 Å². The Hall–Kier alpha value is -4.26. The van der Waals surface area contributed by atoms with Gasteiger partial charge < -0.3 is 20.2 Å². The van der Waals surface area contributed by atoms with E-state index in [-0.39, 0.29) is 28.3 Å². The van der Waals surface area contributed by atoms with E-state index in [9.17, 15) is 42.4 Å². The molecule has 3 atom stereocenters. The largest absolute Gasteiger partial charge is 0.459 e. The van der Waals surface area contributed by atoms with Gasteiger partial charge in [0.1, 0.15) is 29.3 Å². The van der Waals surface area contributed by atoms with Crippen LogP contribution in [-0.4, -0.2) is 33.7 Å². The van der Waals surface area contributed by atoms with Crippen LogP contribution in [0.4, 0.5) is 28.0 Å². The van der Waals surface area contributed by atoms with E-state index in [4.69, 9.17) is 4.42 Å². The van der Waals surface area contributed by atoms with E-state index in [0.717, 1.165) is 30.3 Å². The number of halogens is 4. The van der Waals surface area contributed by atoms with Gasteiger partial charge in [-0.1, -0.05) is 12.1 Å². The summed E-state index contributed by atoms with van der Waals surface area (Å²) in [6.45, 7) is 0. The van der Waals surface area contributed by atoms with Crippen LogP contribution in [0.15, 0.2) is 65.1 Å². The zero-order chi connectivity index (χ0) is 25.5. The van der Waals surface area contributed by atoms with Crippen molar-refractivity contribution in [1.29, 1.82) is 0 Å². The van der Waals surface area contributed by atoms with Gasteiger partial charge in [0.2, 0.25) is 5.72 Å². The average Bonchev–Trinajstić information content (AvgIpc) is 3.28. The lowest BCUT2D eigenvalue weighted by Crippen LogP contribution is -2.72. The number of carbonyl (C=O) groups is 2. The third-order valence-electron chi connectivity index (χ3n) is 5.52. The summed E-state index contributed by atoms with van der Waals surface area (Å²) in [5.74, 6) is -4.93. The molecule has 1 aromatic heterocycles. The number of aliphatic hydroxyl groups is 1.